The monoisotopic (exact) mass is 219 g/mol. The molecule has 0 radical (unpaired) electrons. The van der Waals surface area contributed by atoms with E-state index in [1.54, 1.807) is 0 Å². The first-order valence-electron chi connectivity index (χ1n) is 6.44. The van der Waals surface area contributed by atoms with Crippen LogP contribution in [0.2, 0.25) is 0 Å². The smallest absolute Gasteiger partial charge is 0.148 e. The quantitative estimate of drug-likeness (QED) is 0.846. The molecule has 88 valence electrons. The lowest BCUT2D eigenvalue weighted by atomic mass is 10.2. The van der Waals surface area contributed by atoms with E-state index in [1.165, 1.54) is 25.7 Å². The second-order valence-electron chi connectivity index (χ2n) is 4.49. The number of aryl methyl sites for hydroxylation is 2. The molecule has 0 bridgehead atoms. The number of nitrogens with zero attached hydrogens (tertiary/aromatic N) is 2. The van der Waals surface area contributed by atoms with Gasteiger partial charge in [-0.1, -0.05) is 26.7 Å². The Balaban J connectivity index is 2.15. The number of aromatic nitrogens is 2. The minimum absolute atomic E-state index is 0.617. The van der Waals surface area contributed by atoms with Crippen LogP contribution in [0.25, 0.3) is 0 Å². The summed E-state index contributed by atoms with van der Waals surface area (Å²) in [5.41, 5.74) is 2.18. The molecular formula is C13H21N3. The van der Waals surface area contributed by atoms with Crippen LogP contribution in [0.1, 0.15) is 50.9 Å². The van der Waals surface area contributed by atoms with Gasteiger partial charge in [-0.2, -0.15) is 0 Å². The molecule has 0 unspecified atom stereocenters. The molecule has 1 aromatic rings. The van der Waals surface area contributed by atoms with Crippen molar-refractivity contribution >= 4 is 5.82 Å². The van der Waals surface area contributed by atoms with E-state index < -0.39 is 0 Å². The average molecular weight is 219 g/mol. The van der Waals surface area contributed by atoms with Gasteiger partial charge in [-0.25, -0.2) is 4.98 Å². The minimum Gasteiger partial charge on any atom is -0.366 e. The van der Waals surface area contributed by atoms with Gasteiger partial charge in [0.25, 0.3) is 0 Å². The number of hydrogen-bond acceptors (Lipinski definition) is 3. The second-order valence-corrected chi connectivity index (χ2v) is 4.49. The largest absolute Gasteiger partial charge is 0.366 e. The van der Waals surface area contributed by atoms with Crippen molar-refractivity contribution in [1.82, 2.24) is 9.97 Å². The van der Waals surface area contributed by atoms with Crippen molar-refractivity contribution < 1.29 is 0 Å². The molecule has 1 aromatic heterocycles. The van der Waals surface area contributed by atoms with Crippen LogP contribution in [0.4, 0.5) is 5.82 Å². The van der Waals surface area contributed by atoms with Gasteiger partial charge >= 0.3 is 0 Å². The molecule has 2 rings (SSSR count). The highest BCUT2D eigenvalue weighted by atomic mass is 15.0. The maximum absolute atomic E-state index is 4.65. The van der Waals surface area contributed by atoms with Gasteiger partial charge in [-0.05, 0) is 25.7 Å². The number of hydrogen-bond donors (Lipinski definition) is 1. The van der Waals surface area contributed by atoms with Gasteiger partial charge < -0.3 is 5.32 Å². The summed E-state index contributed by atoms with van der Waals surface area (Å²) in [6.45, 7) is 4.25. The standard InChI is InChI=1S/C13H21N3/c1-3-10-9-14-12(4-2)13(15-10)16-11-7-5-6-8-11/h9,11H,3-8H2,1-2H3,(H,15,16). The number of nitrogens with one attached hydrogen (secondary N) is 1. The zero-order valence-corrected chi connectivity index (χ0v) is 10.3. The molecule has 3 nitrogen and oxygen atoms in total. The van der Waals surface area contributed by atoms with E-state index in [4.69, 9.17) is 0 Å². The van der Waals surface area contributed by atoms with E-state index in [-0.39, 0.29) is 0 Å². The van der Waals surface area contributed by atoms with Gasteiger partial charge in [-0.15, -0.1) is 0 Å². The Kier molecular flexibility index (Phi) is 3.75. The molecule has 1 N–H and O–H groups in total. The molecule has 0 amide bonds. The summed E-state index contributed by atoms with van der Waals surface area (Å²) in [4.78, 5) is 9.14. The van der Waals surface area contributed by atoms with E-state index in [9.17, 15) is 0 Å². The Bertz CT molecular complexity index is 343. The maximum atomic E-state index is 4.65. The Morgan fingerprint density at radius 3 is 2.62 bits per heavy atom. The van der Waals surface area contributed by atoms with E-state index in [0.29, 0.717) is 6.04 Å². The molecule has 1 aliphatic carbocycles. The normalized spacial score (nSPS) is 16.6. The Morgan fingerprint density at radius 2 is 2.00 bits per heavy atom. The predicted octanol–water partition coefficient (Wildman–Crippen LogP) is 2.96. The predicted molar refractivity (Wildman–Crippen MR) is 66.7 cm³/mol. The van der Waals surface area contributed by atoms with E-state index in [2.05, 4.69) is 29.1 Å². The highest BCUT2D eigenvalue weighted by Gasteiger charge is 2.16. The van der Waals surface area contributed by atoms with Crippen molar-refractivity contribution in [2.75, 3.05) is 5.32 Å². The fourth-order valence-corrected chi connectivity index (χ4v) is 2.26. The third kappa shape index (κ3) is 2.52. The summed E-state index contributed by atoms with van der Waals surface area (Å²) >= 11 is 0. The summed E-state index contributed by atoms with van der Waals surface area (Å²) in [6.07, 6.45) is 9.06. The first-order chi connectivity index (χ1) is 7.83. The van der Waals surface area contributed by atoms with Crippen LogP contribution in [-0.4, -0.2) is 16.0 Å². The van der Waals surface area contributed by atoms with Gasteiger partial charge in [0, 0.05) is 12.2 Å². The van der Waals surface area contributed by atoms with Crippen LogP contribution in [-0.2, 0) is 12.8 Å². The molecular weight excluding hydrogens is 198 g/mol. The number of anilines is 1. The molecule has 1 fully saturated rings. The fourth-order valence-electron chi connectivity index (χ4n) is 2.26. The Morgan fingerprint density at radius 1 is 1.25 bits per heavy atom. The van der Waals surface area contributed by atoms with Crippen LogP contribution in [0.3, 0.4) is 0 Å². The van der Waals surface area contributed by atoms with Crippen molar-refractivity contribution in [2.45, 2.75) is 58.4 Å². The molecule has 3 heteroatoms. The van der Waals surface area contributed by atoms with Gasteiger partial charge in [0.05, 0.1) is 11.4 Å². The van der Waals surface area contributed by atoms with Crippen molar-refractivity contribution in [3.63, 3.8) is 0 Å². The van der Waals surface area contributed by atoms with Gasteiger partial charge in [0.15, 0.2) is 0 Å². The molecule has 16 heavy (non-hydrogen) atoms. The molecule has 1 heterocycles. The molecule has 0 aliphatic heterocycles. The van der Waals surface area contributed by atoms with Gasteiger partial charge in [0.2, 0.25) is 0 Å². The topological polar surface area (TPSA) is 37.8 Å². The second kappa shape index (κ2) is 5.28. The Labute approximate surface area is 97.7 Å². The summed E-state index contributed by atoms with van der Waals surface area (Å²) in [6, 6.07) is 0.617. The van der Waals surface area contributed by atoms with Crippen LogP contribution >= 0.6 is 0 Å². The first kappa shape index (κ1) is 11.4. The molecule has 0 atom stereocenters. The zero-order valence-electron chi connectivity index (χ0n) is 10.3. The average Bonchev–Trinajstić information content (AvgIpc) is 2.82. The lowest BCUT2D eigenvalue weighted by molar-refractivity contribution is 0.742. The highest BCUT2D eigenvalue weighted by molar-refractivity contribution is 5.41. The Hall–Kier alpha value is -1.12. The lowest BCUT2D eigenvalue weighted by Crippen LogP contribution is -2.18. The van der Waals surface area contributed by atoms with Crippen LogP contribution in [0, 0.1) is 0 Å². The zero-order chi connectivity index (χ0) is 11.4. The molecule has 1 aliphatic rings. The minimum atomic E-state index is 0.617. The summed E-state index contributed by atoms with van der Waals surface area (Å²) in [5, 5.41) is 3.56. The highest BCUT2D eigenvalue weighted by Crippen LogP contribution is 2.23. The summed E-state index contributed by atoms with van der Waals surface area (Å²) in [5.74, 6) is 1.02. The summed E-state index contributed by atoms with van der Waals surface area (Å²) < 4.78 is 0. The SMILES string of the molecule is CCc1cnc(CC)c(NC2CCCC2)n1. The van der Waals surface area contributed by atoms with Crippen LogP contribution < -0.4 is 5.32 Å². The van der Waals surface area contributed by atoms with Crippen molar-refractivity contribution in [3.8, 4) is 0 Å². The number of rotatable bonds is 4. The molecule has 1 saturated carbocycles. The van der Waals surface area contributed by atoms with E-state index >= 15 is 0 Å². The lowest BCUT2D eigenvalue weighted by Gasteiger charge is -2.15. The molecule has 0 spiro atoms. The third-order valence-corrected chi connectivity index (χ3v) is 3.29. The van der Waals surface area contributed by atoms with Crippen molar-refractivity contribution in [2.24, 2.45) is 0 Å². The summed E-state index contributed by atoms with van der Waals surface area (Å²) in [7, 11) is 0. The van der Waals surface area contributed by atoms with Gasteiger partial charge in [0.1, 0.15) is 5.82 Å². The third-order valence-electron chi connectivity index (χ3n) is 3.29. The maximum Gasteiger partial charge on any atom is 0.148 e. The first-order valence-corrected chi connectivity index (χ1v) is 6.44. The molecule has 0 aromatic carbocycles. The van der Waals surface area contributed by atoms with Crippen molar-refractivity contribution in [3.05, 3.63) is 17.6 Å². The van der Waals surface area contributed by atoms with Gasteiger partial charge in [-0.3, -0.25) is 4.98 Å². The van der Waals surface area contributed by atoms with Crippen molar-refractivity contribution in [1.29, 1.82) is 0 Å². The van der Waals surface area contributed by atoms with E-state index in [0.717, 1.165) is 30.0 Å². The van der Waals surface area contributed by atoms with Crippen LogP contribution in [0.5, 0.6) is 0 Å². The van der Waals surface area contributed by atoms with Crippen LogP contribution in [0.15, 0.2) is 6.20 Å². The fraction of sp³-hybridized carbons (Fsp3) is 0.692. The van der Waals surface area contributed by atoms with E-state index in [1.807, 2.05) is 6.20 Å². The molecule has 0 saturated heterocycles.